The average Bonchev–Trinajstić information content (AvgIpc) is 3.19. The molecule has 1 N–H and O–H groups in total. The smallest absolute Gasteiger partial charge is 0.332 e. The van der Waals surface area contributed by atoms with Crippen molar-refractivity contribution in [3.63, 3.8) is 0 Å². The molecule has 0 aliphatic heterocycles. The normalized spacial score (nSPS) is 15.1. The maximum atomic E-state index is 13.1. The summed E-state index contributed by atoms with van der Waals surface area (Å²) >= 11 is 1.25. The second-order valence-electron chi connectivity index (χ2n) is 10.4. The van der Waals surface area contributed by atoms with E-state index in [9.17, 15) is 14.4 Å². The number of hydrogen-bond acceptors (Lipinski definition) is 6. The van der Waals surface area contributed by atoms with Crippen molar-refractivity contribution in [2.24, 2.45) is 18.4 Å². The first-order chi connectivity index (χ1) is 15.0. The number of fused-ring (bicyclic) bond motifs is 1. The van der Waals surface area contributed by atoms with Crippen molar-refractivity contribution in [2.75, 3.05) is 5.75 Å². The Bertz CT molecular complexity index is 1110. The molecule has 32 heavy (non-hydrogen) atoms. The van der Waals surface area contributed by atoms with Gasteiger partial charge in [-0.05, 0) is 24.2 Å². The maximum absolute atomic E-state index is 13.1. The molecule has 1 amide bonds. The summed E-state index contributed by atoms with van der Waals surface area (Å²) in [6.07, 6.45) is 4.92. The molecular weight excluding hydrogens is 426 g/mol. The zero-order chi connectivity index (χ0) is 23.6. The van der Waals surface area contributed by atoms with E-state index < -0.39 is 5.56 Å². The largest absolute Gasteiger partial charge is 0.353 e. The molecule has 1 saturated carbocycles. The van der Waals surface area contributed by atoms with Crippen LogP contribution in [-0.4, -0.2) is 36.8 Å². The standard InChI is InChI=1S/C23H35N5O3S/c1-14(2)12-28-19-18(21(30)27(6)22(28)31)20(26-16(25-19)11-23(3,4)5)32-13-17(29)24-15-9-7-8-10-15/h14-15H,7-13H2,1-6H3,(H,24,29). The number of nitrogens with zero attached hydrogens (tertiary/aromatic N) is 4. The van der Waals surface area contributed by atoms with Gasteiger partial charge in [-0.2, -0.15) is 0 Å². The second-order valence-corrected chi connectivity index (χ2v) is 11.3. The van der Waals surface area contributed by atoms with Crippen LogP contribution in [0.25, 0.3) is 11.0 Å². The van der Waals surface area contributed by atoms with E-state index in [0.717, 1.165) is 30.3 Å². The van der Waals surface area contributed by atoms with Crippen molar-refractivity contribution in [3.05, 3.63) is 26.7 Å². The van der Waals surface area contributed by atoms with Crippen LogP contribution >= 0.6 is 11.8 Å². The highest BCUT2D eigenvalue weighted by Crippen LogP contribution is 2.26. The number of amides is 1. The first-order valence-electron chi connectivity index (χ1n) is 11.4. The molecule has 0 atom stereocenters. The van der Waals surface area contributed by atoms with Gasteiger partial charge in [0.05, 0.1) is 5.75 Å². The highest BCUT2D eigenvalue weighted by atomic mass is 32.2. The molecule has 1 fully saturated rings. The van der Waals surface area contributed by atoms with Crippen molar-refractivity contribution in [1.29, 1.82) is 0 Å². The van der Waals surface area contributed by atoms with Crippen LogP contribution in [-0.2, 0) is 24.8 Å². The van der Waals surface area contributed by atoms with Crippen molar-refractivity contribution in [1.82, 2.24) is 24.4 Å². The molecule has 2 heterocycles. The minimum atomic E-state index is -0.425. The Morgan fingerprint density at radius 1 is 1.19 bits per heavy atom. The Balaban J connectivity index is 2.07. The van der Waals surface area contributed by atoms with Gasteiger partial charge >= 0.3 is 5.69 Å². The third-order valence-corrected chi connectivity index (χ3v) is 6.47. The number of carbonyl (C=O) groups is 1. The molecule has 1 aliphatic carbocycles. The number of aromatic nitrogens is 4. The minimum absolute atomic E-state index is 0.0571. The van der Waals surface area contributed by atoms with Gasteiger partial charge in [-0.25, -0.2) is 14.8 Å². The Kier molecular flexibility index (Phi) is 7.47. The zero-order valence-corrected chi connectivity index (χ0v) is 20.8. The lowest BCUT2D eigenvalue weighted by atomic mass is 9.92. The van der Waals surface area contributed by atoms with E-state index in [1.165, 1.54) is 18.8 Å². The Morgan fingerprint density at radius 2 is 1.84 bits per heavy atom. The Labute approximate surface area is 193 Å². The molecule has 0 unspecified atom stereocenters. The first-order valence-corrected chi connectivity index (χ1v) is 12.4. The van der Waals surface area contributed by atoms with E-state index in [1.807, 2.05) is 13.8 Å². The van der Waals surface area contributed by atoms with Crippen LogP contribution in [0.5, 0.6) is 0 Å². The van der Waals surface area contributed by atoms with Gasteiger partial charge in [0.15, 0.2) is 5.65 Å². The maximum Gasteiger partial charge on any atom is 0.332 e. The van der Waals surface area contributed by atoms with Crippen molar-refractivity contribution < 1.29 is 4.79 Å². The fourth-order valence-corrected chi connectivity index (χ4v) is 4.89. The molecule has 0 radical (unpaired) electrons. The molecule has 2 aromatic heterocycles. The zero-order valence-electron chi connectivity index (χ0n) is 20.0. The van der Waals surface area contributed by atoms with Crippen LogP contribution in [0.4, 0.5) is 0 Å². The van der Waals surface area contributed by atoms with E-state index >= 15 is 0 Å². The predicted octanol–water partition coefficient (Wildman–Crippen LogP) is 2.89. The predicted molar refractivity (Wildman–Crippen MR) is 128 cm³/mol. The number of nitrogens with one attached hydrogen (secondary N) is 1. The molecule has 1 aliphatic rings. The quantitative estimate of drug-likeness (QED) is 0.503. The third-order valence-electron chi connectivity index (χ3n) is 5.49. The second kappa shape index (κ2) is 9.77. The van der Waals surface area contributed by atoms with Crippen molar-refractivity contribution in [3.8, 4) is 0 Å². The topological polar surface area (TPSA) is 98.9 Å². The fraction of sp³-hybridized carbons (Fsp3) is 0.696. The van der Waals surface area contributed by atoms with E-state index in [1.54, 1.807) is 4.57 Å². The molecule has 9 heteroatoms. The number of thioether (sulfide) groups is 1. The van der Waals surface area contributed by atoms with E-state index in [2.05, 4.69) is 36.1 Å². The highest BCUT2D eigenvalue weighted by Gasteiger charge is 2.23. The lowest BCUT2D eigenvalue weighted by Gasteiger charge is -2.19. The molecule has 0 spiro atoms. The molecule has 3 rings (SSSR count). The van der Waals surface area contributed by atoms with Gasteiger partial charge in [-0.15, -0.1) is 0 Å². The monoisotopic (exact) mass is 461 g/mol. The van der Waals surface area contributed by atoms with Crippen LogP contribution in [0.2, 0.25) is 0 Å². The molecule has 0 saturated heterocycles. The SMILES string of the molecule is CC(C)Cn1c(=O)n(C)c(=O)c2c(SCC(=O)NC3CCCC3)nc(CC(C)(C)C)nc21. The summed E-state index contributed by atoms with van der Waals surface area (Å²) < 4.78 is 2.68. The van der Waals surface area contributed by atoms with Gasteiger partial charge < -0.3 is 5.32 Å². The summed E-state index contributed by atoms with van der Waals surface area (Å²) in [4.78, 5) is 47.9. The lowest BCUT2D eigenvalue weighted by Crippen LogP contribution is -2.40. The fourth-order valence-electron chi connectivity index (χ4n) is 4.04. The van der Waals surface area contributed by atoms with Crippen LogP contribution < -0.4 is 16.6 Å². The van der Waals surface area contributed by atoms with Crippen LogP contribution in [0.1, 0.15) is 66.1 Å². The van der Waals surface area contributed by atoms with Crippen LogP contribution in [0.3, 0.4) is 0 Å². The van der Waals surface area contributed by atoms with Gasteiger partial charge in [0.2, 0.25) is 5.91 Å². The molecule has 2 aromatic rings. The van der Waals surface area contributed by atoms with Gasteiger partial charge in [0, 0.05) is 26.1 Å². The van der Waals surface area contributed by atoms with Crippen molar-refractivity contribution in [2.45, 2.75) is 84.3 Å². The van der Waals surface area contributed by atoms with Gasteiger partial charge in [-0.3, -0.25) is 18.7 Å². The van der Waals surface area contributed by atoms with E-state index in [4.69, 9.17) is 0 Å². The number of rotatable bonds is 7. The summed E-state index contributed by atoms with van der Waals surface area (Å²) in [7, 11) is 1.48. The van der Waals surface area contributed by atoms with Crippen LogP contribution in [0, 0.1) is 11.3 Å². The average molecular weight is 462 g/mol. The Hall–Kier alpha value is -2.16. The summed E-state index contributed by atoms with van der Waals surface area (Å²) in [6, 6.07) is 0.241. The highest BCUT2D eigenvalue weighted by molar-refractivity contribution is 8.00. The lowest BCUT2D eigenvalue weighted by molar-refractivity contribution is -0.119. The molecule has 0 bridgehead atoms. The number of hydrogen-bond donors (Lipinski definition) is 1. The van der Waals surface area contributed by atoms with Crippen LogP contribution in [0.15, 0.2) is 14.6 Å². The molecule has 8 nitrogen and oxygen atoms in total. The molecular formula is C23H35N5O3S. The number of carbonyl (C=O) groups excluding carboxylic acids is 1. The molecule has 0 aromatic carbocycles. The summed E-state index contributed by atoms with van der Waals surface area (Å²) in [5.74, 6) is 0.888. The van der Waals surface area contributed by atoms with Gasteiger partial charge in [-0.1, -0.05) is 59.2 Å². The third kappa shape index (κ3) is 5.79. The first kappa shape index (κ1) is 24.5. The summed E-state index contributed by atoms with van der Waals surface area (Å²) in [5.41, 5.74) is -0.518. The van der Waals surface area contributed by atoms with Gasteiger partial charge in [0.25, 0.3) is 5.56 Å². The van der Waals surface area contributed by atoms with E-state index in [-0.39, 0.29) is 34.7 Å². The van der Waals surface area contributed by atoms with E-state index in [0.29, 0.717) is 34.8 Å². The summed E-state index contributed by atoms with van der Waals surface area (Å²) in [6.45, 7) is 10.8. The molecule has 176 valence electrons. The van der Waals surface area contributed by atoms with Crippen molar-refractivity contribution >= 4 is 28.7 Å². The Morgan fingerprint density at radius 3 is 2.44 bits per heavy atom. The summed E-state index contributed by atoms with van der Waals surface area (Å²) in [5, 5.41) is 3.86. The van der Waals surface area contributed by atoms with Gasteiger partial charge in [0.1, 0.15) is 16.2 Å². The minimum Gasteiger partial charge on any atom is -0.353 e.